The fourth-order valence-electron chi connectivity index (χ4n) is 1.49. The maximum atomic E-state index is 12.1. The average Bonchev–Trinajstić information content (AvgIpc) is 2.41. The van der Waals surface area contributed by atoms with Crippen LogP contribution in [0, 0.1) is 0 Å². The number of benzene rings is 1. The van der Waals surface area contributed by atoms with Crippen molar-refractivity contribution in [2.75, 3.05) is 5.32 Å². The van der Waals surface area contributed by atoms with Crippen molar-refractivity contribution in [3.05, 3.63) is 57.2 Å². The number of carbonyl (C=O) groups excluding carboxylic acids is 1. The first-order valence-electron chi connectivity index (χ1n) is 5.43. The molecule has 0 unspecified atom stereocenters. The van der Waals surface area contributed by atoms with Gasteiger partial charge in [-0.3, -0.25) is 4.79 Å². The molecule has 1 aromatic heterocycles. The topological polar surface area (TPSA) is 79.3 Å². The van der Waals surface area contributed by atoms with Crippen molar-refractivity contribution in [2.45, 2.75) is 0 Å². The van der Waals surface area contributed by atoms with E-state index in [1.54, 1.807) is 12.1 Å². The molecular weight excluding hydrogens is 348 g/mol. The van der Waals surface area contributed by atoms with Crippen molar-refractivity contribution >= 4 is 45.2 Å². The van der Waals surface area contributed by atoms with Gasteiger partial charge in [0.15, 0.2) is 0 Å². The molecule has 0 fully saturated rings. The Bertz CT molecular complexity index is 691. The third-order valence-electron chi connectivity index (χ3n) is 2.42. The number of aromatic carboxylic acids is 1. The zero-order chi connectivity index (χ0) is 14.7. The van der Waals surface area contributed by atoms with E-state index in [9.17, 15) is 9.59 Å². The first kappa shape index (κ1) is 14.5. The minimum absolute atomic E-state index is 0.0421. The molecule has 0 aliphatic rings. The summed E-state index contributed by atoms with van der Waals surface area (Å²) in [6.07, 6.45) is 1.31. The van der Waals surface area contributed by atoms with E-state index >= 15 is 0 Å². The van der Waals surface area contributed by atoms with Gasteiger partial charge in [-0.1, -0.05) is 11.6 Å². The molecule has 0 atom stereocenters. The molecular formula is C13H8BrClN2O3. The second kappa shape index (κ2) is 6.02. The van der Waals surface area contributed by atoms with E-state index < -0.39 is 11.9 Å². The van der Waals surface area contributed by atoms with Gasteiger partial charge in [0.1, 0.15) is 5.82 Å². The number of hydrogen-bond donors (Lipinski definition) is 2. The number of aromatic nitrogens is 1. The molecule has 2 aromatic rings. The highest BCUT2D eigenvalue weighted by molar-refractivity contribution is 9.10. The minimum Gasteiger partial charge on any atom is -0.478 e. The lowest BCUT2D eigenvalue weighted by Crippen LogP contribution is -2.14. The van der Waals surface area contributed by atoms with Crippen LogP contribution in [0.25, 0.3) is 0 Å². The zero-order valence-electron chi connectivity index (χ0n) is 9.93. The van der Waals surface area contributed by atoms with E-state index in [0.717, 1.165) is 0 Å². The molecule has 1 amide bonds. The third kappa shape index (κ3) is 3.34. The largest absolute Gasteiger partial charge is 0.478 e. The Balaban J connectivity index is 2.25. The summed E-state index contributed by atoms with van der Waals surface area (Å²) in [5.74, 6) is -1.37. The van der Waals surface area contributed by atoms with Crippen molar-refractivity contribution in [3.8, 4) is 0 Å². The predicted octanol–water partition coefficient (Wildman–Crippen LogP) is 3.45. The van der Waals surface area contributed by atoms with Crippen LogP contribution in [0.4, 0.5) is 5.82 Å². The molecule has 0 saturated carbocycles. The van der Waals surface area contributed by atoms with Crippen LogP contribution in [0.3, 0.4) is 0 Å². The molecule has 0 aliphatic heterocycles. The van der Waals surface area contributed by atoms with Crippen LogP contribution in [-0.4, -0.2) is 22.0 Å². The molecule has 20 heavy (non-hydrogen) atoms. The lowest BCUT2D eigenvalue weighted by atomic mass is 10.2. The lowest BCUT2D eigenvalue weighted by molar-refractivity contribution is 0.0696. The van der Waals surface area contributed by atoms with Gasteiger partial charge in [-0.15, -0.1) is 0 Å². The van der Waals surface area contributed by atoms with Crippen molar-refractivity contribution in [1.82, 2.24) is 4.98 Å². The number of nitrogens with zero attached hydrogens (tertiary/aromatic N) is 1. The number of rotatable bonds is 3. The number of carbonyl (C=O) groups is 2. The molecule has 0 aliphatic carbocycles. The standard InChI is InChI=1S/C13H8BrClN2O3/c14-10-2-1-8(15)6-9(10)12(18)17-11-5-7(13(19)20)3-4-16-11/h1-6H,(H,19,20)(H,16,17,18). The van der Waals surface area contributed by atoms with Crippen LogP contribution < -0.4 is 5.32 Å². The number of nitrogens with one attached hydrogen (secondary N) is 1. The number of pyridine rings is 1. The highest BCUT2D eigenvalue weighted by atomic mass is 79.9. The molecule has 7 heteroatoms. The molecule has 1 aromatic carbocycles. The number of anilines is 1. The van der Waals surface area contributed by atoms with Gasteiger partial charge >= 0.3 is 5.97 Å². The molecule has 0 radical (unpaired) electrons. The van der Waals surface area contributed by atoms with E-state index in [1.165, 1.54) is 24.4 Å². The third-order valence-corrected chi connectivity index (χ3v) is 3.35. The number of carboxylic acids is 1. The zero-order valence-corrected chi connectivity index (χ0v) is 12.3. The number of halogens is 2. The van der Waals surface area contributed by atoms with Gasteiger partial charge in [0, 0.05) is 15.7 Å². The molecule has 0 bridgehead atoms. The van der Waals surface area contributed by atoms with Gasteiger partial charge in [0.25, 0.3) is 5.91 Å². The van der Waals surface area contributed by atoms with Gasteiger partial charge in [-0.25, -0.2) is 9.78 Å². The van der Waals surface area contributed by atoms with Crippen LogP contribution >= 0.6 is 27.5 Å². The lowest BCUT2D eigenvalue weighted by Gasteiger charge is -2.07. The summed E-state index contributed by atoms with van der Waals surface area (Å²) in [6, 6.07) is 7.41. The Morgan fingerprint density at radius 2 is 2.00 bits per heavy atom. The second-order valence-corrected chi connectivity index (χ2v) is 5.10. The fourth-order valence-corrected chi connectivity index (χ4v) is 2.09. The monoisotopic (exact) mass is 354 g/mol. The van der Waals surface area contributed by atoms with E-state index in [-0.39, 0.29) is 11.4 Å². The van der Waals surface area contributed by atoms with Crippen molar-refractivity contribution in [3.63, 3.8) is 0 Å². The van der Waals surface area contributed by atoms with Crippen LogP contribution in [-0.2, 0) is 0 Å². The summed E-state index contributed by atoms with van der Waals surface area (Å²) in [5, 5.41) is 11.8. The first-order chi connectivity index (χ1) is 9.47. The SMILES string of the molecule is O=C(O)c1ccnc(NC(=O)c2cc(Cl)ccc2Br)c1. The van der Waals surface area contributed by atoms with Crippen molar-refractivity contribution in [2.24, 2.45) is 0 Å². The van der Waals surface area contributed by atoms with Gasteiger partial charge < -0.3 is 10.4 Å². The second-order valence-electron chi connectivity index (χ2n) is 3.81. The maximum Gasteiger partial charge on any atom is 0.335 e. The van der Waals surface area contributed by atoms with Gasteiger partial charge in [-0.05, 0) is 46.3 Å². The molecule has 2 rings (SSSR count). The average molecular weight is 356 g/mol. The summed E-state index contributed by atoms with van der Waals surface area (Å²) in [7, 11) is 0. The Hall–Kier alpha value is -1.92. The van der Waals surface area contributed by atoms with Crippen LogP contribution in [0.2, 0.25) is 5.02 Å². The molecule has 0 saturated heterocycles. The normalized spacial score (nSPS) is 10.1. The molecule has 1 heterocycles. The predicted molar refractivity (Wildman–Crippen MR) is 78.3 cm³/mol. The van der Waals surface area contributed by atoms with Gasteiger partial charge in [0.2, 0.25) is 0 Å². The van der Waals surface area contributed by atoms with Crippen molar-refractivity contribution in [1.29, 1.82) is 0 Å². The van der Waals surface area contributed by atoms with Gasteiger partial charge in [-0.2, -0.15) is 0 Å². The van der Waals surface area contributed by atoms with Crippen molar-refractivity contribution < 1.29 is 14.7 Å². The highest BCUT2D eigenvalue weighted by Crippen LogP contribution is 2.22. The fraction of sp³-hybridized carbons (Fsp3) is 0. The van der Waals surface area contributed by atoms with E-state index in [1.807, 2.05) is 0 Å². The summed E-state index contributed by atoms with van der Waals surface area (Å²) < 4.78 is 0.578. The van der Waals surface area contributed by atoms with Crippen LogP contribution in [0.1, 0.15) is 20.7 Å². The Labute approximate surface area is 127 Å². The van der Waals surface area contributed by atoms with Gasteiger partial charge in [0.05, 0.1) is 11.1 Å². The Morgan fingerprint density at radius 3 is 2.70 bits per heavy atom. The Kier molecular flexibility index (Phi) is 4.36. The van der Waals surface area contributed by atoms with Crippen LogP contribution in [0.15, 0.2) is 41.0 Å². The molecule has 2 N–H and O–H groups in total. The smallest absolute Gasteiger partial charge is 0.335 e. The van der Waals surface area contributed by atoms with E-state index in [0.29, 0.717) is 15.1 Å². The number of hydrogen-bond acceptors (Lipinski definition) is 3. The molecule has 5 nitrogen and oxygen atoms in total. The molecule has 102 valence electrons. The summed E-state index contributed by atoms with van der Waals surface area (Å²) in [4.78, 5) is 26.8. The van der Waals surface area contributed by atoms with E-state index in [4.69, 9.17) is 16.7 Å². The Morgan fingerprint density at radius 1 is 1.25 bits per heavy atom. The highest BCUT2D eigenvalue weighted by Gasteiger charge is 2.12. The quantitative estimate of drug-likeness (QED) is 0.884. The maximum absolute atomic E-state index is 12.1. The summed E-state index contributed by atoms with van der Waals surface area (Å²) in [6.45, 7) is 0. The summed E-state index contributed by atoms with van der Waals surface area (Å²) >= 11 is 9.08. The molecule has 0 spiro atoms. The van der Waals surface area contributed by atoms with Crippen LogP contribution in [0.5, 0.6) is 0 Å². The number of amides is 1. The minimum atomic E-state index is -1.09. The summed E-state index contributed by atoms with van der Waals surface area (Å²) in [5.41, 5.74) is 0.375. The van der Waals surface area contributed by atoms with E-state index in [2.05, 4.69) is 26.2 Å². The number of carboxylic acid groups (broad SMARTS) is 1. The first-order valence-corrected chi connectivity index (χ1v) is 6.60.